The second kappa shape index (κ2) is 8.46. The lowest BCUT2D eigenvalue weighted by Crippen LogP contribution is -2.25. The Morgan fingerprint density at radius 1 is 1.11 bits per heavy atom. The Bertz CT molecular complexity index is 933. The first kappa shape index (κ1) is 19.2. The van der Waals surface area contributed by atoms with Crippen molar-refractivity contribution in [1.29, 1.82) is 0 Å². The van der Waals surface area contributed by atoms with Gasteiger partial charge in [0, 0.05) is 50.4 Å². The highest BCUT2D eigenvalue weighted by Gasteiger charge is 2.32. The molecule has 3 nitrogen and oxygen atoms in total. The number of nitrogens with one attached hydrogen (secondary N) is 1. The van der Waals surface area contributed by atoms with Crippen LogP contribution in [-0.4, -0.2) is 15.7 Å². The number of aromatic amines is 1. The van der Waals surface area contributed by atoms with Crippen molar-refractivity contribution >= 4 is 46.6 Å². The van der Waals surface area contributed by atoms with E-state index in [1.165, 1.54) is 4.90 Å². The Hall–Kier alpha value is -1.17. The molecular formula is C20H17Cl3N2OS. The number of ether oxygens (including phenoxy) is 1. The summed E-state index contributed by atoms with van der Waals surface area (Å²) in [6, 6.07) is 11.5. The number of aromatic nitrogens is 2. The molecule has 0 fully saturated rings. The maximum atomic E-state index is 6.39. The van der Waals surface area contributed by atoms with Crippen molar-refractivity contribution in [2.45, 2.75) is 24.0 Å². The van der Waals surface area contributed by atoms with Gasteiger partial charge in [-0.3, -0.25) is 0 Å². The highest BCUT2D eigenvalue weighted by molar-refractivity contribution is 7.99. The van der Waals surface area contributed by atoms with Crippen LogP contribution >= 0.6 is 46.6 Å². The highest BCUT2D eigenvalue weighted by Crippen LogP contribution is 2.44. The molecule has 1 N–H and O–H groups in total. The summed E-state index contributed by atoms with van der Waals surface area (Å²) in [4.78, 5) is 8.78. The molecule has 0 bridgehead atoms. The van der Waals surface area contributed by atoms with Gasteiger partial charge in [0.15, 0.2) is 0 Å². The van der Waals surface area contributed by atoms with Crippen molar-refractivity contribution in [2.24, 2.45) is 5.92 Å². The molecule has 2 atom stereocenters. The van der Waals surface area contributed by atoms with Gasteiger partial charge in [0.05, 0.1) is 12.7 Å². The Morgan fingerprint density at radius 2 is 1.93 bits per heavy atom. The summed E-state index contributed by atoms with van der Waals surface area (Å²) >= 11 is 20.4. The molecule has 140 valence electrons. The van der Waals surface area contributed by atoms with E-state index in [4.69, 9.17) is 39.5 Å². The van der Waals surface area contributed by atoms with Crippen LogP contribution in [0.15, 0.2) is 53.7 Å². The molecule has 0 radical (unpaired) electrons. The largest absolute Gasteiger partial charge is 0.368 e. The van der Waals surface area contributed by atoms with Crippen LogP contribution in [0.5, 0.6) is 0 Å². The minimum atomic E-state index is -0.0863. The van der Waals surface area contributed by atoms with Gasteiger partial charge in [-0.15, -0.1) is 11.8 Å². The minimum Gasteiger partial charge on any atom is -0.368 e. The highest BCUT2D eigenvalue weighted by atomic mass is 35.5. The van der Waals surface area contributed by atoms with Crippen LogP contribution in [0.4, 0.5) is 0 Å². The summed E-state index contributed by atoms with van der Waals surface area (Å²) in [5, 5.41) is 1.94. The van der Waals surface area contributed by atoms with Crippen molar-refractivity contribution in [3.05, 3.63) is 80.8 Å². The van der Waals surface area contributed by atoms with Crippen LogP contribution in [0, 0.1) is 5.92 Å². The number of halogens is 3. The molecule has 2 heterocycles. The van der Waals surface area contributed by atoms with Crippen molar-refractivity contribution in [3.63, 3.8) is 0 Å². The molecule has 4 rings (SSSR count). The predicted octanol–water partition coefficient (Wildman–Crippen LogP) is 6.59. The molecule has 1 aromatic heterocycles. The number of thioether (sulfide) groups is 1. The Kier molecular flexibility index (Phi) is 6.00. The monoisotopic (exact) mass is 438 g/mol. The van der Waals surface area contributed by atoms with E-state index < -0.39 is 0 Å². The summed E-state index contributed by atoms with van der Waals surface area (Å²) in [6.07, 6.45) is 4.35. The zero-order valence-electron chi connectivity index (χ0n) is 14.3. The van der Waals surface area contributed by atoms with E-state index in [1.807, 2.05) is 42.2 Å². The van der Waals surface area contributed by atoms with Crippen LogP contribution < -0.4 is 0 Å². The Morgan fingerprint density at radius 3 is 2.70 bits per heavy atom. The third-order valence-corrected chi connectivity index (χ3v) is 6.70. The van der Waals surface area contributed by atoms with Crippen molar-refractivity contribution in [1.82, 2.24) is 9.97 Å². The van der Waals surface area contributed by atoms with Gasteiger partial charge in [0.1, 0.15) is 5.82 Å². The molecule has 3 aromatic rings. The first-order valence-corrected chi connectivity index (χ1v) is 10.7. The van der Waals surface area contributed by atoms with Crippen LogP contribution in [0.2, 0.25) is 15.1 Å². The molecule has 0 spiro atoms. The van der Waals surface area contributed by atoms with E-state index in [0.717, 1.165) is 29.1 Å². The molecule has 0 unspecified atom stereocenters. The number of H-pyrrole nitrogens is 1. The second-order valence-electron chi connectivity index (χ2n) is 6.46. The van der Waals surface area contributed by atoms with E-state index in [1.54, 1.807) is 12.3 Å². The van der Waals surface area contributed by atoms with Crippen LogP contribution in [0.1, 0.15) is 23.1 Å². The SMILES string of the molecule is Clc1ccc(CO[C@@H]2c3cc(Cl)ccc3SC[C@@H]2Cc2ncc[nH]2)c(Cl)c1. The third-order valence-electron chi connectivity index (χ3n) is 4.60. The molecule has 27 heavy (non-hydrogen) atoms. The topological polar surface area (TPSA) is 37.9 Å². The van der Waals surface area contributed by atoms with E-state index >= 15 is 0 Å². The average molecular weight is 440 g/mol. The number of imidazole rings is 1. The zero-order valence-corrected chi connectivity index (χ0v) is 17.4. The predicted molar refractivity (Wildman–Crippen MR) is 112 cm³/mol. The first-order valence-electron chi connectivity index (χ1n) is 8.56. The summed E-state index contributed by atoms with van der Waals surface area (Å²) < 4.78 is 6.39. The maximum absolute atomic E-state index is 6.39. The molecule has 0 saturated heterocycles. The van der Waals surface area contributed by atoms with Crippen molar-refractivity contribution in [3.8, 4) is 0 Å². The van der Waals surface area contributed by atoms with Gasteiger partial charge in [-0.05, 0) is 41.5 Å². The fourth-order valence-corrected chi connectivity index (χ4v) is 5.12. The normalized spacial score (nSPS) is 19.1. The van der Waals surface area contributed by atoms with Gasteiger partial charge in [0.25, 0.3) is 0 Å². The van der Waals surface area contributed by atoms with Crippen LogP contribution in [-0.2, 0) is 17.8 Å². The summed E-state index contributed by atoms with van der Waals surface area (Å²) in [6.45, 7) is 0.409. The fraction of sp³-hybridized carbons (Fsp3) is 0.250. The quantitative estimate of drug-likeness (QED) is 0.487. The fourth-order valence-electron chi connectivity index (χ4n) is 3.28. The van der Waals surface area contributed by atoms with Crippen molar-refractivity contribution in [2.75, 3.05) is 5.75 Å². The van der Waals surface area contributed by atoms with Gasteiger partial charge >= 0.3 is 0 Å². The second-order valence-corrected chi connectivity index (χ2v) is 8.80. The molecule has 1 aliphatic rings. The van der Waals surface area contributed by atoms with Crippen LogP contribution in [0.25, 0.3) is 0 Å². The van der Waals surface area contributed by atoms with Gasteiger partial charge in [-0.25, -0.2) is 4.98 Å². The third kappa shape index (κ3) is 4.47. The van der Waals surface area contributed by atoms with E-state index in [9.17, 15) is 0 Å². The number of nitrogens with zero attached hydrogens (tertiary/aromatic N) is 1. The van der Waals surface area contributed by atoms with E-state index in [2.05, 4.69) is 16.0 Å². The number of benzene rings is 2. The van der Waals surface area contributed by atoms with Gasteiger partial charge in [-0.1, -0.05) is 40.9 Å². The first-order chi connectivity index (χ1) is 13.1. The molecule has 1 aliphatic heterocycles. The smallest absolute Gasteiger partial charge is 0.106 e. The molecule has 0 amide bonds. The number of rotatable bonds is 5. The summed E-state index contributed by atoms with van der Waals surface area (Å²) in [7, 11) is 0. The zero-order chi connectivity index (χ0) is 18.8. The molecule has 7 heteroatoms. The lowest BCUT2D eigenvalue weighted by Gasteiger charge is -2.33. The van der Waals surface area contributed by atoms with E-state index in [-0.39, 0.29) is 12.0 Å². The number of fused-ring (bicyclic) bond motifs is 1. The Labute approximate surface area is 177 Å². The minimum absolute atomic E-state index is 0.0863. The molecule has 0 aliphatic carbocycles. The number of hydrogen-bond donors (Lipinski definition) is 1. The van der Waals surface area contributed by atoms with Gasteiger partial charge in [-0.2, -0.15) is 0 Å². The van der Waals surface area contributed by atoms with Gasteiger partial charge in [0.2, 0.25) is 0 Å². The van der Waals surface area contributed by atoms with Gasteiger partial charge < -0.3 is 9.72 Å². The average Bonchev–Trinajstić information content (AvgIpc) is 3.15. The molecule has 0 saturated carbocycles. The van der Waals surface area contributed by atoms with E-state index in [0.29, 0.717) is 21.7 Å². The summed E-state index contributed by atoms with van der Waals surface area (Å²) in [5.74, 6) is 2.19. The molecule has 2 aromatic carbocycles. The molecular weight excluding hydrogens is 423 g/mol. The number of hydrogen-bond acceptors (Lipinski definition) is 3. The lowest BCUT2D eigenvalue weighted by molar-refractivity contribution is 0.00178. The lowest BCUT2D eigenvalue weighted by atomic mass is 9.93. The van der Waals surface area contributed by atoms with Crippen LogP contribution in [0.3, 0.4) is 0 Å². The maximum Gasteiger partial charge on any atom is 0.106 e. The van der Waals surface area contributed by atoms with Crippen molar-refractivity contribution < 1.29 is 4.74 Å². The summed E-state index contributed by atoms with van der Waals surface area (Å²) in [5.41, 5.74) is 2.04. The standard InChI is InChI=1S/C20H17Cl3N2OS/c21-14-3-4-18-16(8-14)20(13(11-27-18)7-19-24-5-6-25-19)26-10-12-1-2-15(22)9-17(12)23/h1-6,8-9,13,20H,7,10-11H2,(H,24,25)/t13-,20-/m0/s1. The Balaban J connectivity index is 1.60.